The fourth-order valence-corrected chi connectivity index (χ4v) is 6.24. The normalized spacial score (nSPS) is 33.9. The second-order valence-electron chi connectivity index (χ2n) is 9.47. The third-order valence-corrected chi connectivity index (χ3v) is 7.88. The highest BCUT2D eigenvalue weighted by Gasteiger charge is 2.47. The van der Waals surface area contributed by atoms with E-state index in [-0.39, 0.29) is 30.0 Å². The molecule has 4 heteroatoms. The van der Waals surface area contributed by atoms with Crippen molar-refractivity contribution < 1.29 is 20.1 Å². The molecule has 0 bridgehead atoms. The van der Waals surface area contributed by atoms with Gasteiger partial charge in [-0.1, -0.05) is 50.0 Å². The quantitative estimate of drug-likeness (QED) is 0.472. The van der Waals surface area contributed by atoms with Crippen molar-refractivity contribution >= 4 is 5.97 Å². The summed E-state index contributed by atoms with van der Waals surface area (Å²) in [5.41, 5.74) is 1.50. The average Bonchev–Trinajstić information content (AvgIpc) is 3.13. The Bertz CT molecular complexity index is 589. The molecule has 3 aliphatic rings. The van der Waals surface area contributed by atoms with Crippen molar-refractivity contribution in [3.8, 4) is 0 Å². The van der Waals surface area contributed by atoms with Crippen LogP contribution in [0.1, 0.15) is 77.6 Å². The van der Waals surface area contributed by atoms with E-state index in [9.17, 15) is 15.0 Å². The van der Waals surface area contributed by atoms with E-state index < -0.39 is 5.97 Å². The molecule has 28 heavy (non-hydrogen) atoms. The Kier molecular flexibility index (Phi) is 7.38. The molecule has 0 amide bonds. The molecular weight excluding hydrogens is 352 g/mol. The molecule has 3 aliphatic carbocycles. The molecule has 158 valence electrons. The molecule has 3 rings (SSSR count). The first-order valence-corrected chi connectivity index (χ1v) is 11.4. The van der Waals surface area contributed by atoms with Crippen molar-refractivity contribution in [3.63, 3.8) is 0 Å². The molecule has 4 nitrogen and oxygen atoms in total. The van der Waals surface area contributed by atoms with Gasteiger partial charge < -0.3 is 15.3 Å². The number of rotatable bonds is 10. The van der Waals surface area contributed by atoms with Crippen LogP contribution in [0.4, 0.5) is 0 Å². The molecular formula is C24H38O4. The number of carboxylic acids is 1. The van der Waals surface area contributed by atoms with Gasteiger partial charge in [0.25, 0.3) is 0 Å². The fourth-order valence-electron chi connectivity index (χ4n) is 6.24. The predicted molar refractivity (Wildman–Crippen MR) is 111 cm³/mol. The lowest BCUT2D eigenvalue weighted by molar-refractivity contribution is -0.151. The van der Waals surface area contributed by atoms with Crippen LogP contribution in [0.25, 0.3) is 0 Å². The molecule has 5 atom stereocenters. The Morgan fingerprint density at radius 3 is 2.71 bits per heavy atom. The Morgan fingerprint density at radius 2 is 2.11 bits per heavy atom. The fraction of sp³-hybridized carbons (Fsp3) is 0.792. The zero-order valence-electron chi connectivity index (χ0n) is 17.4. The average molecular weight is 391 g/mol. The van der Waals surface area contributed by atoms with Gasteiger partial charge in [-0.3, -0.25) is 4.79 Å². The van der Waals surface area contributed by atoms with Gasteiger partial charge in [-0.05, 0) is 68.6 Å². The van der Waals surface area contributed by atoms with E-state index >= 15 is 0 Å². The predicted octanol–water partition coefficient (Wildman–Crippen LogP) is 4.71. The van der Waals surface area contributed by atoms with Gasteiger partial charge >= 0.3 is 5.97 Å². The number of aliphatic hydroxyl groups excluding tert-OH is 2. The molecule has 3 saturated carbocycles. The molecule has 0 aliphatic heterocycles. The molecule has 3 fully saturated rings. The standard InChI is InChI=1S/C24H38O4/c1-2-3-10-24(11-6-12-24)21(23(27)28)9-4-7-17-14-18-16-22(26)19(8-5-13-25)20(18)15-17/h5,7-8,18-22,25-26H,2-4,6,9-16H2,1H3,(H,27,28)/t18-,19-,20+,21?,22-/m1/s1. The summed E-state index contributed by atoms with van der Waals surface area (Å²) in [6.07, 6.45) is 17.0. The third kappa shape index (κ3) is 4.54. The van der Waals surface area contributed by atoms with Crippen LogP contribution in [-0.4, -0.2) is 34.0 Å². The topological polar surface area (TPSA) is 77.8 Å². The van der Waals surface area contributed by atoms with E-state index in [0.717, 1.165) is 64.2 Å². The van der Waals surface area contributed by atoms with E-state index in [1.54, 1.807) is 6.08 Å². The zero-order chi connectivity index (χ0) is 20.1. The molecule has 0 aromatic heterocycles. The summed E-state index contributed by atoms with van der Waals surface area (Å²) in [7, 11) is 0. The van der Waals surface area contributed by atoms with E-state index in [1.807, 2.05) is 6.08 Å². The summed E-state index contributed by atoms with van der Waals surface area (Å²) in [6, 6.07) is 0. The summed E-state index contributed by atoms with van der Waals surface area (Å²) in [5, 5.41) is 29.2. The van der Waals surface area contributed by atoms with Crippen molar-refractivity contribution in [3.05, 3.63) is 23.8 Å². The SMILES string of the molecule is CCCCC1(C(CCC=C2C[C@@H]3C[C@@H](O)[C@H](C=CCO)[C@H]3C2)C(=O)O)CCC1. The van der Waals surface area contributed by atoms with E-state index in [2.05, 4.69) is 13.0 Å². The Morgan fingerprint density at radius 1 is 1.32 bits per heavy atom. The van der Waals surface area contributed by atoms with E-state index in [0.29, 0.717) is 11.8 Å². The molecule has 0 aromatic rings. The van der Waals surface area contributed by atoms with Crippen molar-refractivity contribution in [2.45, 2.75) is 83.7 Å². The number of carbonyl (C=O) groups is 1. The number of aliphatic hydroxyl groups is 2. The summed E-state index contributed by atoms with van der Waals surface area (Å²) >= 11 is 0. The Labute approximate surface area is 169 Å². The van der Waals surface area contributed by atoms with Crippen molar-refractivity contribution in [1.29, 1.82) is 0 Å². The Hall–Kier alpha value is -1.13. The third-order valence-electron chi connectivity index (χ3n) is 7.88. The smallest absolute Gasteiger partial charge is 0.307 e. The van der Waals surface area contributed by atoms with Gasteiger partial charge in [0.2, 0.25) is 0 Å². The van der Waals surface area contributed by atoms with Crippen LogP contribution in [0.3, 0.4) is 0 Å². The number of hydrogen-bond donors (Lipinski definition) is 3. The number of unbranched alkanes of at least 4 members (excludes halogenated alkanes) is 1. The summed E-state index contributed by atoms with van der Waals surface area (Å²) < 4.78 is 0. The summed E-state index contributed by atoms with van der Waals surface area (Å²) in [4.78, 5) is 12.0. The first-order chi connectivity index (χ1) is 13.5. The maximum Gasteiger partial charge on any atom is 0.307 e. The van der Waals surface area contributed by atoms with Crippen molar-refractivity contribution in [2.75, 3.05) is 6.61 Å². The minimum atomic E-state index is -0.602. The molecule has 0 heterocycles. The van der Waals surface area contributed by atoms with Crippen LogP contribution in [0.2, 0.25) is 0 Å². The van der Waals surface area contributed by atoms with Gasteiger partial charge in [-0.15, -0.1) is 0 Å². The molecule has 0 spiro atoms. The lowest BCUT2D eigenvalue weighted by Gasteiger charge is -2.46. The van der Waals surface area contributed by atoms with Gasteiger partial charge in [-0.2, -0.15) is 0 Å². The largest absolute Gasteiger partial charge is 0.481 e. The molecule has 0 radical (unpaired) electrons. The number of fused-ring (bicyclic) bond motifs is 1. The second kappa shape index (κ2) is 9.58. The summed E-state index contributed by atoms with van der Waals surface area (Å²) in [5.74, 6) is 0.360. The van der Waals surface area contributed by atoms with Crippen molar-refractivity contribution in [1.82, 2.24) is 0 Å². The van der Waals surface area contributed by atoms with Crippen molar-refractivity contribution in [2.24, 2.45) is 29.1 Å². The lowest BCUT2D eigenvalue weighted by Crippen LogP contribution is -2.41. The molecule has 3 N–H and O–H groups in total. The molecule has 0 saturated heterocycles. The highest BCUT2D eigenvalue weighted by Crippen LogP contribution is 2.53. The summed E-state index contributed by atoms with van der Waals surface area (Å²) in [6.45, 7) is 2.21. The highest BCUT2D eigenvalue weighted by atomic mass is 16.4. The first-order valence-electron chi connectivity index (χ1n) is 11.4. The first kappa shape index (κ1) is 21.6. The van der Waals surface area contributed by atoms with Gasteiger partial charge in [0.15, 0.2) is 0 Å². The number of hydrogen-bond acceptors (Lipinski definition) is 3. The Balaban J connectivity index is 1.57. The monoisotopic (exact) mass is 390 g/mol. The maximum absolute atomic E-state index is 12.0. The van der Waals surface area contributed by atoms with Crippen LogP contribution in [0.15, 0.2) is 23.8 Å². The molecule has 0 aromatic carbocycles. The maximum atomic E-state index is 12.0. The number of allylic oxidation sites excluding steroid dienone is 2. The van der Waals surface area contributed by atoms with Crippen LogP contribution in [-0.2, 0) is 4.79 Å². The highest BCUT2D eigenvalue weighted by molar-refractivity contribution is 5.71. The van der Waals surface area contributed by atoms with E-state index in [4.69, 9.17) is 5.11 Å². The number of carboxylic acid groups (broad SMARTS) is 1. The van der Waals surface area contributed by atoms with Crippen LogP contribution >= 0.6 is 0 Å². The van der Waals surface area contributed by atoms with E-state index in [1.165, 1.54) is 12.0 Å². The zero-order valence-corrected chi connectivity index (χ0v) is 17.4. The van der Waals surface area contributed by atoms with Gasteiger partial charge in [0.05, 0.1) is 18.6 Å². The van der Waals surface area contributed by atoms with Gasteiger partial charge in [0, 0.05) is 5.92 Å². The number of aliphatic carboxylic acids is 1. The van der Waals surface area contributed by atoms with Crippen LogP contribution < -0.4 is 0 Å². The minimum absolute atomic E-state index is 0.0274. The minimum Gasteiger partial charge on any atom is -0.481 e. The van der Waals surface area contributed by atoms with Gasteiger partial charge in [-0.25, -0.2) is 0 Å². The second-order valence-corrected chi connectivity index (χ2v) is 9.47. The van der Waals surface area contributed by atoms with Crippen LogP contribution in [0, 0.1) is 29.1 Å². The van der Waals surface area contributed by atoms with Crippen LogP contribution in [0.5, 0.6) is 0 Å². The molecule has 1 unspecified atom stereocenters. The van der Waals surface area contributed by atoms with Gasteiger partial charge in [0.1, 0.15) is 0 Å². The lowest BCUT2D eigenvalue weighted by atomic mass is 9.57.